The topological polar surface area (TPSA) is 50.9 Å². The van der Waals surface area contributed by atoms with Gasteiger partial charge in [0.25, 0.3) is 0 Å². The lowest BCUT2D eigenvalue weighted by atomic mass is 9.83. The van der Waals surface area contributed by atoms with Gasteiger partial charge in [-0.2, -0.15) is 0 Å². The molecule has 0 saturated carbocycles. The minimum absolute atomic E-state index is 0.0172. The van der Waals surface area contributed by atoms with E-state index in [0.717, 1.165) is 51.0 Å². The minimum atomic E-state index is -2.96. The van der Waals surface area contributed by atoms with Crippen molar-refractivity contribution in [3.8, 4) is 67.5 Å². The number of pyridine rings is 1. The van der Waals surface area contributed by atoms with E-state index < -0.39 is 65.8 Å². The van der Waals surface area contributed by atoms with Gasteiger partial charge in [0.15, 0.2) is 0 Å². The third kappa shape index (κ3) is 8.42. The second-order valence-corrected chi connectivity index (χ2v) is 18.1. The number of aromatic nitrogens is 3. The van der Waals surface area contributed by atoms with Gasteiger partial charge in [-0.25, -0.2) is 4.98 Å². The zero-order valence-corrected chi connectivity index (χ0v) is 36.5. The molecule has 0 fully saturated rings. The van der Waals surface area contributed by atoms with Crippen LogP contribution >= 0.6 is 0 Å². The molecule has 0 unspecified atom stereocenters. The molecule has 0 aliphatic rings. The van der Waals surface area contributed by atoms with Crippen molar-refractivity contribution < 1.29 is 18.8 Å². The van der Waals surface area contributed by atoms with Crippen molar-refractivity contribution in [3.63, 3.8) is 0 Å². The van der Waals surface area contributed by atoms with Crippen LogP contribution in [0.15, 0.2) is 139 Å². The number of rotatable bonds is 10. The summed E-state index contributed by atoms with van der Waals surface area (Å²) in [4.78, 5) is 9.96. The van der Waals surface area contributed by atoms with Gasteiger partial charge in [0.2, 0.25) is 0 Å². The highest BCUT2D eigenvalue weighted by Gasteiger charge is 2.25. The van der Waals surface area contributed by atoms with Gasteiger partial charge in [0.1, 0.15) is 11.6 Å². The lowest BCUT2D eigenvalue weighted by Crippen LogP contribution is -2.11. The van der Waals surface area contributed by atoms with E-state index in [1.807, 2.05) is 75.4 Å². The maximum atomic E-state index is 12.3. The lowest BCUT2D eigenvalue weighted by Gasteiger charge is -2.22. The first-order chi connectivity index (χ1) is 33.3. The average molecular weight is 812 g/mol. The molecule has 0 aliphatic carbocycles. The Morgan fingerprint density at radius 3 is 2.13 bits per heavy atom. The number of aromatic hydroxyl groups is 1. The zero-order valence-electron chi connectivity index (χ0n) is 46.5. The zero-order chi connectivity index (χ0) is 51.8. The number of phenols is 1. The van der Waals surface area contributed by atoms with Crippen LogP contribution < -0.4 is 0 Å². The number of phenolic OH excluding ortho intramolecular Hbond substituents is 1. The van der Waals surface area contributed by atoms with Crippen molar-refractivity contribution in [2.24, 2.45) is 5.92 Å². The summed E-state index contributed by atoms with van der Waals surface area (Å²) in [6.45, 7) is 16.0. The highest BCUT2D eigenvalue weighted by molar-refractivity contribution is 5.97. The Kier molecular flexibility index (Phi) is 8.39. The Balaban J connectivity index is 1.43. The van der Waals surface area contributed by atoms with Crippen LogP contribution in [-0.4, -0.2) is 19.6 Å². The SMILES string of the molecule is [2H]c1nc(-c2cc(-c3cccc4c3nc(-c3cc(C(C)C)cc(C(C)C)c3O)n4-c3ccc(-c4ccccc4)c(CC(C)C)c3)cc(C(C)(C)C)c2)c([2H])c(-c2c([2H])c([2H])c(C([2H])([2H])[2H])c([2H])c2[2H])c1[2H]. The van der Waals surface area contributed by atoms with Gasteiger partial charge in [-0.15, -0.1) is 0 Å². The predicted molar refractivity (Wildman–Crippen MR) is 258 cm³/mol. The van der Waals surface area contributed by atoms with Crippen LogP contribution in [0.25, 0.3) is 72.7 Å². The molecule has 6 aromatic carbocycles. The van der Waals surface area contributed by atoms with E-state index in [1.165, 1.54) is 5.56 Å². The predicted octanol–water partition coefficient (Wildman–Crippen LogP) is 15.5. The monoisotopic (exact) mass is 812 g/mol. The molecule has 0 radical (unpaired) electrons. The van der Waals surface area contributed by atoms with Crippen molar-refractivity contribution in [2.75, 3.05) is 0 Å². The molecule has 1 N–H and O–H groups in total. The Hall–Kier alpha value is -6.26. The van der Waals surface area contributed by atoms with Gasteiger partial charge >= 0.3 is 0 Å². The third-order valence-electron chi connectivity index (χ3n) is 11.3. The Bertz CT molecular complexity index is 3360. The molecule has 0 aliphatic heterocycles. The normalized spacial score (nSPS) is 14.6. The summed E-state index contributed by atoms with van der Waals surface area (Å²) < 4.78 is 88.2. The van der Waals surface area contributed by atoms with E-state index in [9.17, 15) is 6.48 Å². The second kappa shape index (κ2) is 16.7. The smallest absolute Gasteiger partial charge is 0.149 e. The van der Waals surface area contributed by atoms with E-state index in [2.05, 4.69) is 93.6 Å². The molecule has 8 rings (SSSR count). The van der Waals surface area contributed by atoms with Crippen molar-refractivity contribution in [3.05, 3.63) is 167 Å². The highest BCUT2D eigenvalue weighted by atomic mass is 16.3. The van der Waals surface area contributed by atoms with Crippen LogP contribution in [0.3, 0.4) is 0 Å². The molecule has 61 heavy (non-hydrogen) atoms. The number of nitrogens with zero attached hydrogens (tertiary/aromatic N) is 3. The van der Waals surface area contributed by atoms with Crippen LogP contribution in [0.4, 0.5) is 0 Å². The van der Waals surface area contributed by atoms with Gasteiger partial charge in [0.05, 0.1) is 31.9 Å². The third-order valence-corrected chi connectivity index (χ3v) is 11.3. The van der Waals surface area contributed by atoms with Crippen molar-refractivity contribution in [1.82, 2.24) is 14.5 Å². The minimum Gasteiger partial charge on any atom is -0.507 e. The number of para-hydroxylation sites is 1. The molecular formula is C57H59N3O. The summed E-state index contributed by atoms with van der Waals surface area (Å²) in [5.74, 6) is 1.24. The summed E-state index contributed by atoms with van der Waals surface area (Å²) in [6, 6.07) is 28.6. The molecule has 308 valence electrons. The first kappa shape index (κ1) is 30.7. The number of fused-ring (bicyclic) bond motifs is 1. The van der Waals surface area contributed by atoms with Crippen LogP contribution in [0.5, 0.6) is 5.75 Å². The number of hydrogen-bond acceptors (Lipinski definition) is 3. The fourth-order valence-corrected chi connectivity index (χ4v) is 7.99. The molecular weight excluding hydrogens is 743 g/mol. The second-order valence-electron chi connectivity index (χ2n) is 18.1. The number of imidazole rings is 1. The average Bonchev–Trinajstić information content (AvgIpc) is 3.69. The van der Waals surface area contributed by atoms with E-state index in [0.29, 0.717) is 33.9 Å². The van der Waals surface area contributed by atoms with Crippen LogP contribution in [0.1, 0.15) is 116 Å². The molecule has 0 spiro atoms. The first-order valence-corrected chi connectivity index (χ1v) is 21.1. The fourth-order valence-electron chi connectivity index (χ4n) is 7.99. The summed E-state index contributed by atoms with van der Waals surface area (Å²) in [5.41, 5.74) is 8.80. The molecule has 0 amide bonds. The first-order valence-electron chi connectivity index (χ1n) is 26.1. The van der Waals surface area contributed by atoms with Crippen molar-refractivity contribution in [1.29, 1.82) is 0 Å². The van der Waals surface area contributed by atoms with E-state index >= 15 is 0 Å². The lowest BCUT2D eigenvalue weighted by molar-refractivity contribution is 0.466. The van der Waals surface area contributed by atoms with Crippen LogP contribution in [0.2, 0.25) is 0 Å². The van der Waals surface area contributed by atoms with E-state index in [4.69, 9.17) is 17.3 Å². The summed E-state index contributed by atoms with van der Waals surface area (Å²) in [6.07, 6.45) is 0.262. The van der Waals surface area contributed by atoms with Gasteiger partial charge in [-0.3, -0.25) is 9.55 Å². The van der Waals surface area contributed by atoms with E-state index in [-0.39, 0.29) is 28.8 Å². The van der Waals surface area contributed by atoms with Crippen molar-refractivity contribution in [2.45, 2.75) is 92.8 Å². The largest absolute Gasteiger partial charge is 0.507 e. The quantitative estimate of drug-likeness (QED) is 0.150. The molecule has 0 bridgehead atoms. The standard InChI is InChI=1S/C57H59N3O/c1-35(2)27-43-31-47(23-24-48(43)40-15-12-11-13-16-40)60-53-18-14-17-49(54(53)59-56(60)51-33-42(36(3)4)32-50(37(5)6)55(51)61)44-28-45(30-46(29-44)57(8,9)10)52-34-41(25-26-58-52)39-21-19-38(7)20-22-39/h11-26,28-37,61H,27H2,1-10H3/i7D3,19D,20D,21D,22D,25D,26D,34D. The fraction of sp³-hybridized carbons (Fsp3) is 0.263. The molecule has 0 atom stereocenters. The summed E-state index contributed by atoms with van der Waals surface area (Å²) in [7, 11) is 0. The van der Waals surface area contributed by atoms with Gasteiger partial charge < -0.3 is 5.11 Å². The molecule has 2 aromatic heterocycles. The molecule has 8 aromatic rings. The molecule has 4 nitrogen and oxygen atoms in total. The van der Waals surface area contributed by atoms with Gasteiger partial charge in [0, 0.05) is 27.1 Å². The molecule has 2 heterocycles. The maximum Gasteiger partial charge on any atom is 0.149 e. The molecule has 4 heteroatoms. The number of benzene rings is 6. The maximum absolute atomic E-state index is 12.3. The summed E-state index contributed by atoms with van der Waals surface area (Å²) >= 11 is 0. The number of hydrogen-bond donors (Lipinski definition) is 1. The highest BCUT2D eigenvalue weighted by Crippen LogP contribution is 2.44. The van der Waals surface area contributed by atoms with Crippen molar-refractivity contribution >= 4 is 11.0 Å². The van der Waals surface area contributed by atoms with Crippen LogP contribution in [0, 0.1) is 12.8 Å². The van der Waals surface area contributed by atoms with E-state index in [1.54, 1.807) is 0 Å². The Labute approximate surface area is 377 Å². The Morgan fingerprint density at radius 1 is 0.689 bits per heavy atom. The van der Waals surface area contributed by atoms with Gasteiger partial charge in [-0.05, 0) is 135 Å². The summed E-state index contributed by atoms with van der Waals surface area (Å²) in [5, 5.41) is 12.3. The Morgan fingerprint density at radius 2 is 1.44 bits per heavy atom. The van der Waals surface area contributed by atoms with Crippen LogP contribution in [-0.2, 0) is 11.8 Å². The molecule has 0 saturated heterocycles. The van der Waals surface area contributed by atoms with Gasteiger partial charge in [-0.1, -0.05) is 153 Å².